The van der Waals surface area contributed by atoms with Crippen LogP contribution in [0, 0.1) is 0 Å². The fourth-order valence-corrected chi connectivity index (χ4v) is 4.57. The van der Waals surface area contributed by atoms with E-state index in [0.29, 0.717) is 25.8 Å². The Hall–Kier alpha value is -4.59. The van der Waals surface area contributed by atoms with Gasteiger partial charge in [-0.1, -0.05) is 31.4 Å². The van der Waals surface area contributed by atoms with E-state index in [9.17, 15) is 29.1 Å². The zero-order valence-corrected chi connectivity index (χ0v) is 25.3. The molecule has 14 heteroatoms. The highest BCUT2D eigenvalue weighted by Gasteiger charge is 2.24. The van der Waals surface area contributed by atoms with Crippen molar-refractivity contribution in [2.24, 2.45) is 0 Å². The molecule has 0 aliphatic carbocycles. The van der Waals surface area contributed by atoms with Crippen LogP contribution in [0.2, 0.25) is 0 Å². The van der Waals surface area contributed by atoms with Gasteiger partial charge in [0, 0.05) is 31.8 Å². The molecule has 0 saturated heterocycles. The van der Waals surface area contributed by atoms with Gasteiger partial charge in [-0.25, -0.2) is 14.4 Å². The van der Waals surface area contributed by atoms with Crippen LogP contribution in [0.4, 0.5) is 4.79 Å². The summed E-state index contributed by atoms with van der Waals surface area (Å²) in [5.74, 6) is -4.00. The number of nitrogens with one attached hydrogen (secondary N) is 4. The molecule has 2 aromatic heterocycles. The molecular formula is C31H44N6O8. The third-order valence-electron chi connectivity index (χ3n) is 6.99. The number of aromatic nitrogens is 2. The van der Waals surface area contributed by atoms with Gasteiger partial charge in [-0.2, -0.15) is 0 Å². The number of hydrogen-bond acceptors (Lipinski definition) is 8. The molecule has 7 N–H and O–H groups in total. The summed E-state index contributed by atoms with van der Waals surface area (Å²) in [5.41, 5.74) is 1.84. The number of carboxylic acid groups (broad SMARTS) is 3. The maximum absolute atomic E-state index is 12.1. The summed E-state index contributed by atoms with van der Waals surface area (Å²) in [6, 6.07) is 7.85. The Balaban J connectivity index is 1.55. The SMILES string of the molecule is O=C(O)CCC(NC(=O)NC(CCCCNC(=O)CCCCCCCNC(c1ccccn1)c1ccccn1)C(=O)O)C(=O)O. The Labute approximate surface area is 262 Å². The number of pyridine rings is 2. The Morgan fingerprint density at radius 2 is 1.20 bits per heavy atom. The molecule has 2 rings (SSSR count). The Bertz CT molecular complexity index is 1160. The quantitative estimate of drug-likeness (QED) is 0.0887. The largest absolute Gasteiger partial charge is 0.481 e. The van der Waals surface area contributed by atoms with Gasteiger partial charge in [0.1, 0.15) is 12.1 Å². The number of amides is 3. The van der Waals surface area contributed by atoms with Crippen molar-refractivity contribution in [3.8, 4) is 0 Å². The van der Waals surface area contributed by atoms with Crippen LogP contribution in [0.5, 0.6) is 0 Å². The first-order valence-electron chi connectivity index (χ1n) is 15.2. The number of aliphatic carboxylic acids is 3. The molecule has 0 aliphatic rings. The zero-order chi connectivity index (χ0) is 32.9. The van der Waals surface area contributed by atoms with Crippen molar-refractivity contribution in [2.75, 3.05) is 13.1 Å². The van der Waals surface area contributed by atoms with Crippen LogP contribution in [-0.2, 0) is 19.2 Å². The minimum atomic E-state index is -1.46. The molecule has 0 radical (unpaired) electrons. The summed E-state index contributed by atoms with van der Waals surface area (Å²) < 4.78 is 0. The van der Waals surface area contributed by atoms with E-state index in [0.717, 1.165) is 50.0 Å². The lowest BCUT2D eigenvalue weighted by atomic mass is 10.1. The molecule has 3 amide bonds. The van der Waals surface area contributed by atoms with E-state index in [1.165, 1.54) is 0 Å². The van der Waals surface area contributed by atoms with Crippen LogP contribution < -0.4 is 21.3 Å². The van der Waals surface area contributed by atoms with Crippen molar-refractivity contribution in [3.63, 3.8) is 0 Å². The molecule has 2 unspecified atom stereocenters. The molecule has 14 nitrogen and oxygen atoms in total. The fourth-order valence-electron chi connectivity index (χ4n) is 4.57. The highest BCUT2D eigenvalue weighted by molar-refractivity contribution is 5.86. The van der Waals surface area contributed by atoms with Crippen LogP contribution in [0.15, 0.2) is 48.8 Å². The first kappa shape index (κ1) is 36.6. The number of carbonyl (C=O) groups is 5. The van der Waals surface area contributed by atoms with E-state index in [1.54, 1.807) is 12.4 Å². The average Bonchev–Trinajstić information content (AvgIpc) is 3.02. The van der Waals surface area contributed by atoms with Crippen LogP contribution in [0.25, 0.3) is 0 Å². The number of carbonyl (C=O) groups excluding carboxylic acids is 2. The first-order valence-corrected chi connectivity index (χ1v) is 15.2. The van der Waals surface area contributed by atoms with Crippen LogP contribution >= 0.6 is 0 Å². The van der Waals surface area contributed by atoms with Crippen LogP contribution in [0.3, 0.4) is 0 Å². The van der Waals surface area contributed by atoms with E-state index < -0.39 is 42.4 Å². The van der Waals surface area contributed by atoms with Crippen molar-refractivity contribution in [1.82, 2.24) is 31.2 Å². The lowest BCUT2D eigenvalue weighted by molar-refractivity contribution is -0.140. The molecule has 0 aliphatic heterocycles. The summed E-state index contributed by atoms with van der Waals surface area (Å²) in [4.78, 5) is 66.6. The normalized spacial score (nSPS) is 12.2. The predicted molar refractivity (Wildman–Crippen MR) is 164 cm³/mol. The molecule has 0 saturated carbocycles. The summed E-state index contributed by atoms with van der Waals surface area (Å²) >= 11 is 0. The maximum Gasteiger partial charge on any atom is 0.326 e. The second-order valence-corrected chi connectivity index (χ2v) is 10.6. The highest BCUT2D eigenvalue weighted by Crippen LogP contribution is 2.18. The van der Waals surface area contributed by atoms with E-state index in [4.69, 9.17) is 10.2 Å². The van der Waals surface area contributed by atoms with Gasteiger partial charge in [0.25, 0.3) is 0 Å². The van der Waals surface area contributed by atoms with Crippen molar-refractivity contribution in [1.29, 1.82) is 0 Å². The molecule has 246 valence electrons. The molecule has 0 bridgehead atoms. The third-order valence-corrected chi connectivity index (χ3v) is 6.99. The summed E-state index contributed by atoms with van der Waals surface area (Å²) in [5, 5.41) is 37.9. The molecular weight excluding hydrogens is 584 g/mol. The van der Waals surface area contributed by atoms with Gasteiger partial charge in [0.15, 0.2) is 0 Å². The third kappa shape index (κ3) is 15.6. The first-order chi connectivity index (χ1) is 21.7. The van der Waals surface area contributed by atoms with Gasteiger partial charge in [-0.05, 0) is 69.3 Å². The number of rotatable bonds is 23. The Morgan fingerprint density at radius 3 is 1.76 bits per heavy atom. The molecule has 45 heavy (non-hydrogen) atoms. The van der Waals surface area contributed by atoms with E-state index in [1.807, 2.05) is 36.4 Å². The Morgan fingerprint density at radius 1 is 0.644 bits per heavy atom. The van der Waals surface area contributed by atoms with Gasteiger partial charge in [-0.15, -0.1) is 0 Å². The minimum Gasteiger partial charge on any atom is -0.481 e. The lowest BCUT2D eigenvalue weighted by Gasteiger charge is -2.18. The van der Waals surface area contributed by atoms with E-state index in [2.05, 4.69) is 31.2 Å². The number of hydrogen-bond donors (Lipinski definition) is 7. The second-order valence-electron chi connectivity index (χ2n) is 10.6. The van der Waals surface area contributed by atoms with Crippen LogP contribution in [0.1, 0.15) is 88.1 Å². The van der Waals surface area contributed by atoms with Crippen molar-refractivity contribution in [3.05, 3.63) is 60.2 Å². The van der Waals surface area contributed by atoms with Gasteiger partial charge in [-0.3, -0.25) is 19.6 Å². The molecule has 2 aromatic rings. The van der Waals surface area contributed by atoms with Gasteiger partial charge >= 0.3 is 23.9 Å². The molecule has 0 spiro atoms. The highest BCUT2D eigenvalue weighted by atomic mass is 16.4. The number of nitrogens with zero attached hydrogens (tertiary/aromatic N) is 2. The Kier molecular flexibility index (Phi) is 17.2. The summed E-state index contributed by atoms with van der Waals surface area (Å²) in [7, 11) is 0. The standard InChI is InChI=1S/C31H44N6O8/c38-26(34-20-11-7-14-24(29(41)42)36-31(45)37-25(30(43)44)16-17-27(39)40)15-4-2-1-3-8-21-35-28(22-12-5-9-18-32-22)23-13-6-10-19-33-23/h5-6,9-10,12-13,18-19,24-25,28,35H,1-4,7-8,11,14-17,20-21H2,(H,34,38)(H,39,40)(H,41,42)(H,43,44)(H2,36,37,45). The number of carboxylic acids is 3. The number of urea groups is 1. The van der Waals surface area contributed by atoms with Crippen molar-refractivity contribution in [2.45, 2.75) is 88.8 Å². The molecule has 0 fully saturated rings. The molecule has 2 atom stereocenters. The van der Waals surface area contributed by atoms with E-state index in [-0.39, 0.29) is 24.8 Å². The van der Waals surface area contributed by atoms with Gasteiger partial charge in [0.2, 0.25) is 5.91 Å². The van der Waals surface area contributed by atoms with Crippen molar-refractivity contribution < 1.29 is 39.3 Å². The average molecular weight is 629 g/mol. The fraction of sp³-hybridized carbons (Fsp3) is 0.516. The van der Waals surface area contributed by atoms with Crippen LogP contribution in [-0.4, -0.2) is 80.3 Å². The summed E-state index contributed by atoms with van der Waals surface area (Å²) in [6.45, 7) is 1.18. The second kappa shape index (κ2) is 21.2. The predicted octanol–water partition coefficient (Wildman–Crippen LogP) is 2.85. The van der Waals surface area contributed by atoms with Gasteiger partial charge < -0.3 is 36.6 Å². The zero-order valence-electron chi connectivity index (χ0n) is 25.3. The smallest absolute Gasteiger partial charge is 0.326 e. The minimum absolute atomic E-state index is 0.0707. The molecule has 2 heterocycles. The topological polar surface area (TPSA) is 220 Å². The van der Waals surface area contributed by atoms with Crippen molar-refractivity contribution >= 4 is 29.8 Å². The van der Waals surface area contributed by atoms with E-state index >= 15 is 0 Å². The summed E-state index contributed by atoms with van der Waals surface area (Å²) in [6.07, 6.45) is 8.86. The monoisotopic (exact) mass is 628 g/mol. The maximum atomic E-state index is 12.1. The molecule has 0 aromatic carbocycles. The van der Waals surface area contributed by atoms with Gasteiger partial charge in [0.05, 0.1) is 17.4 Å². The lowest BCUT2D eigenvalue weighted by Crippen LogP contribution is -2.51. The number of unbranched alkanes of at least 4 members (excludes halogenated alkanes) is 5.